The maximum atomic E-state index is 13.3. The lowest BCUT2D eigenvalue weighted by Crippen LogP contribution is -2.59. The van der Waals surface area contributed by atoms with Crippen LogP contribution in [-0.4, -0.2) is 62.9 Å². The van der Waals surface area contributed by atoms with Crippen molar-refractivity contribution in [1.82, 2.24) is 25.9 Å². The second-order valence-corrected chi connectivity index (χ2v) is 10.0. The molecule has 0 radical (unpaired) electrons. The number of amides is 3. The number of rotatable bonds is 15. The Labute approximate surface area is 223 Å². The molecule has 0 fully saturated rings. The molecule has 0 aliphatic carbocycles. The molecule has 0 bridgehead atoms. The minimum atomic E-state index is -1.17. The summed E-state index contributed by atoms with van der Waals surface area (Å²) in [5.74, 6) is -3.03. The van der Waals surface area contributed by atoms with Gasteiger partial charge < -0.3 is 31.8 Å². The highest BCUT2D eigenvalue weighted by molar-refractivity contribution is 5.94. The van der Waals surface area contributed by atoms with Gasteiger partial charge in [-0.05, 0) is 23.8 Å². The van der Waals surface area contributed by atoms with Gasteiger partial charge in [-0.25, -0.2) is 9.78 Å². The van der Waals surface area contributed by atoms with Crippen molar-refractivity contribution in [3.8, 4) is 0 Å². The summed E-state index contributed by atoms with van der Waals surface area (Å²) < 4.78 is 0. The Morgan fingerprint density at radius 2 is 1.61 bits per heavy atom. The van der Waals surface area contributed by atoms with Crippen LogP contribution < -0.4 is 21.7 Å². The van der Waals surface area contributed by atoms with Gasteiger partial charge in [0.05, 0.1) is 12.4 Å². The number of aromatic amines is 1. The molecule has 0 aliphatic heterocycles. The normalized spacial score (nSPS) is 15.1. The summed E-state index contributed by atoms with van der Waals surface area (Å²) in [4.78, 5) is 58.0. The maximum Gasteiger partial charge on any atom is 0.326 e. The van der Waals surface area contributed by atoms with Gasteiger partial charge in [0.15, 0.2) is 0 Å². The molecule has 0 aliphatic rings. The molecule has 11 nitrogen and oxygen atoms in total. The summed E-state index contributed by atoms with van der Waals surface area (Å²) >= 11 is 0. The van der Waals surface area contributed by atoms with Crippen LogP contribution >= 0.6 is 0 Å². The summed E-state index contributed by atoms with van der Waals surface area (Å²) in [5.41, 5.74) is 7.49. The third-order valence-corrected chi connectivity index (χ3v) is 6.36. The van der Waals surface area contributed by atoms with Crippen LogP contribution in [0.5, 0.6) is 0 Å². The number of carbonyl (C=O) groups excluding carboxylic acids is 3. The minimum absolute atomic E-state index is 0.0630. The number of nitrogens with zero attached hydrogens (tertiary/aromatic N) is 1. The molecule has 11 heteroatoms. The van der Waals surface area contributed by atoms with Crippen molar-refractivity contribution in [2.75, 3.05) is 0 Å². The van der Waals surface area contributed by atoms with Crippen LogP contribution in [0.1, 0.15) is 51.8 Å². The zero-order valence-corrected chi connectivity index (χ0v) is 22.4. The van der Waals surface area contributed by atoms with E-state index in [1.807, 2.05) is 26.8 Å². The summed E-state index contributed by atoms with van der Waals surface area (Å²) in [6.07, 6.45) is 4.27. The van der Waals surface area contributed by atoms with E-state index < -0.39 is 47.9 Å². The summed E-state index contributed by atoms with van der Waals surface area (Å²) in [5, 5.41) is 17.8. The first-order valence-corrected chi connectivity index (χ1v) is 12.9. The number of aliphatic carboxylic acids is 1. The molecule has 38 heavy (non-hydrogen) atoms. The molecular weight excluding hydrogens is 488 g/mol. The number of H-pyrrole nitrogens is 1. The van der Waals surface area contributed by atoms with Crippen LogP contribution in [-0.2, 0) is 32.0 Å². The number of nitrogens with one attached hydrogen (secondary N) is 4. The van der Waals surface area contributed by atoms with Gasteiger partial charge in [0.25, 0.3) is 0 Å². The number of hydrogen-bond donors (Lipinski definition) is 6. The van der Waals surface area contributed by atoms with Crippen LogP contribution in [0.4, 0.5) is 0 Å². The maximum absolute atomic E-state index is 13.3. The molecule has 5 unspecified atom stereocenters. The van der Waals surface area contributed by atoms with Crippen LogP contribution in [0.3, 0.4) is 0 Å². The lowest BCUT2D eigenvalue weighted by Gasteiger charge is -2.28. The summed E-state index contributed by atoms with van der Waals surface area (Å²) in [6.45, 7) is 7.50. The van der Waals surface area contributed by atoms with Gasteiger partial charge in [-0.2, -0.15) is 0 Å². The molecule has 2 aromatic rings. The molecule has 7 N–H and O–H groups in total. The molecule has 0 spiro atoms. The zero-order chi connectivity index (χ0) is 28.2. The molecule has 3 amide bonds. The van der Waals surface area contributed by atoms with Crippen LogP contribution in [0.2, 0.25) is 0 Å². The Hall–Kier alpha value is -3.73. The lowest BCUT2D eigenvalue weighted by atomic mass is 9.96. The molecule has 5 atom stereocenters. The molecule has 2 rings (SSSR count). The SMILES string of the molecule is CCC(C)C(NC(=O)C(CC(C)C)NC(=O)C(N)Cc1cnc[nH]1)C(=O)NC(Cc1ccccc1)C(=O)O. The third kappa shape index (κ3) is 9.62. The third-order valence-electron chi connectivity index (χ3n) is 6.36. The van der Waals surface area contributed by atoms with Gasteiger partial charge in [0.1, 0.15) is 18.1 Å². The standard InChI is InChI=1S/C27H40N6O5/c1-5-17(4)23(26(36)32-22(27(37)38)12-18-9-7-6-8-10-18)33-25(35)21(11-16(2)3)31-24(34)20(28)13-19-14-29-15-30-19/h6-10,14-17,20-23H,5,11-13,28H2,1-4H3,(H,29,30)(H,31,34)(H,32,36)(H,33,35)(H,37,38). The average Bonchev–Trinajstić information content (AvgIpc) is 3.39. The largest absolute Gasteiger partial charge is 0.480 e. The van der Waals surface area contributed by atoms with E-state index >= 15 is 0 Å². The number of benzene rings is 1. The van der Waals surface area contributed by atoms with Crippen LogP contribution in [0.15, 0.2) is 42.9 Å². The van der Waals surface area contributed by atoms with Crippen molar-refractivity contribution < 1.29 is 24.3 Å². The topological polar surface area (TPSA) is 179 Å². The highest BCUT2D eigenvalue weighted by atomic mass is 16.4. The Morgan fingerprint density at radius 1 is 0.947 bits per heavy atom. The van der Waals surface area contributed by atoms with Crippen molar-refractivity contribution in [2.24, 2.45) is 17.6 Å². The van der Waals surface area contributed by atoms with E-state index in [-0.39, 0.29) is 24.7 Å². The Kier molecular flexibility index (Phi) is 11.9. The smallest absolute Gasteiger partial charge is 0.326 e. The molecule has 1 aromatic carbocycles. The number of nitrogens with two attached hydrogens (primary N) is 1. The highest BCUT2D eigenvalue weighted by Crippen LogP contribution is 2.12. The summed E-state index contributed by atoms with van der Waals surface area (Å²) in [6, 6.07) is 5.00. The van der Waals surface area contributed by atoms with E-state index in [4.69, 9.17) is 5.73 Å². The van der Waals surface area contributed by atoms with E-state index in [9.17, 15) is 24.3 Å². The Bertz CT molecular complexity index is 1040. The van der Waals surface area contributed by atoms with E-state index in [0.717, 1.165) is 5.56 Å². The van der Waals surface area contributed by atoms with Crippen molar-refractivity contribution in [2.45, 2.75) is 77.5 Å². The first kappa shape index (κ1) is 30.5. The van der Waals surface area contributed by atoms with Gasteiger partial charge in [0, 0.05) is 24.7 Å². The number of carboxylic acids is 1. The van der Waals surface area contributed by atoms with E-state index in [1.165, 1.54) is 6.33 Å². The van der Waals surface area contributed by atoms with Gasteiger partial charge in [-0.15, -0.1) is 0 Å². The van der Waals surface area contributed by atoms with Crippen molar-refractivity contribution >= 4 is 23.7 Å². The molecule has 0 saturated carbocycles. The Balaban J connectivity index is 2.13. The van der Waals surface area contributed by atoms with Crippen LogP contribution in [0.25, 0.3) is 0 Å². The minimum Gasteiger partial charge on any atom is -0.480 e. The molecule has 208 valence electrons. The fourth-order valence-electron chi connectivity index (χ4n) is 3.97. The number of imidazole rings is 1. The molecule has 0 saturated heterocycles. The van der Waals surface area contributed by atoms with Crippen molar-refractivity contribution in [3.05, 3.63) is 54.1 Å². The van der Waals surface area contributed by atoms with Crippen molar-refractivity contribution in [1.29, 1.82) is 0 Å². The average molecular weight is 529 g/mol. The lowest BCUT2D eigenvalue weighted by molar-refractivity contribution is -0.142. The quantitative estimate of drug-likeness (QED) is 0.201. The predicted molar refractivity (Wildman–Crippen MR) is 143 cm³/mol. The Morgan fingerprint density at radius 3 is 2.16 bits per heavy atom. The number of hydrogen-bond acceptors (Lipinski definition) is 6. The number of carboxylic acid groups (broad SMARTS) is 1. The van der Waals surface area contributed by atoms with Gasteiger partial charge in [-0.3, -0.25) is 14.4 Å². The van der Waals surface area contributed by atoms with E-state index in [2.05, 4.69) is 25.9 Å². The van der Waals surface area contributed by atoms with Gasteiger partial charge >= 0.3 is 5.97 Å². The highest BCUT2D eigenvalue weighted by Gasteiger charge is 2.33. The zero-order valence-electron chi connectivity index (χ0n) is 22.4. The number of aromatic nitrogens is 2. The van der Waals surface area contributed by atoms with Gasteiger partial charge in [0.2, 0.25) is 17.7 Å². The van der Waals surface area contributed by atoms with E-state index in [0.29, 0.717) is 18.5 Å². The fourth-order valence-corrected chi connectivity index (χ4v) is 3.97. The molecule has 1 heterocycles. The second-order valence-electron chi connectivity index (χ2n) is 10.0. The van der Waals surface area contributed by atoms with Crippen molar-refractivity contribution in [3.63, 3.8) is 0 Å². The first-order chi connectivity index (χ1) is 18.0. The first-order valence-electron chi connectivity index (χ1n) is 12.9. The second kappa shape index (κ2) is 14.9. The molecule has 1 aromatic heterocycles. The molecular formula is C27H40N6O5. The number of carbonyl (C=O) groups is 4. The summed E-state index contributed by atoms with van der Waals surface area (Å²) in [7, 11) is 0. The van der Waals surface area contributed by atoms with E-state index in [1.54, 1.807) is 37.4 Å². The van der Waals surface area contributed by atoms with Crippen LogP contribution in [0, 0.1) is 11.8 Å². The monoisotopic (exact) mass is 528 g/mol. The van der Waals surface area contributed by atoms with Gasteiger partial charge in [-0.1, -0.05) is 64.4 Å². The fraction of sp³-hybridized carbons (Fsp3) is 0.519. The predicted octanol–water partition coefficient (Wildman–Crippen LogP) is 1.15.